The molecule has 1 aromatic carbocycles. The molecule has 2 aromatic rings. The molecule has 0 aliphatic heterocycles. The number of unbranched alkanes of at least 4 members (excludes halogenated alkanes) is 3. The van der Waals surface area contributed by atoms with Crippen molar-refractivity contribution in [3.05, 3.63) is 35.7 Å². The van der Waals surface area contributed by atoms with Crippen LogP contribution in [0.5, 0.6) is 11.5 Å². The van der Waals surface area contributed by atoms with E-state index in [1.165, 1.54) is 36.8 Å². The average molecular weight is 447 g/mol. The molecule has 0 spiro atoms. The van der Waals surface area contributed by atoms with E-state index in [2.05, 4.69) is 46.9 Å². The van der Waals surface area contributed by atoms with E-state index in [1.807, 2.05) is 30.2 Å². The van der Waals surface area contributed by atoms with Gasteiger partial charge in [-0.1, -0.05) is 50.9 Å². The van der Waals surface area contributed by atoms with Gasteiger partial charge in [0.25, 0.3) is 0 Å². The van der Waals surface area contributed by atoms with Crippen LogP contribution in [0.3, 0.4) is 0 Å². The summed E-state index contributed by atoms with van der Waals surface area (Å²) in [5.41, 5.74) is 6.32. The van der Waals surface area contributed by atoms with Crippen molar-refractivity contribution < 1.29 is 9.47 Å². The molecule has 31 heavy (non-hydrogen) atoms. The molecule has 172 valence electrons. The molecular weight excluding hydrogens is 408 g/mol. The minimum atomic E-state index is -0.103. The number of hydrogen-bond donors (Lipinski definition) is 1. The highest BCUT2D eigenvalue weighted by Gasteiger charge is 2.43. The summed E-state index contributed by atoms with van der Waals surface area (Å²) in [5, 5.41) is 3.56. The fraction of sp³-hybridized carbons (Fsp3) is 0.625. The third-order valence-electron chi connectivity index (χ3n) is 6.11. The lowest BCUT2D eigenvalue weighted by molar-refractivity contribution is 0.0869. The van der Waals surface area contributed by atoms with Gasteiger partial charge in [-0.25, -0.2) is 9.99 Å². The van der Waals surface area contributed by atoms with Crippen LogP contribution in [-0.4, -0.2) is 46.7 Å². The van der Waals surface area contributed by atoms with Crippen LogP contribution in [0, 0.1) is 0 Å². The number of thioether (sulfide) groups is 1. The quantitative estimate of drug-likeness (QED) is 0.287. The van der Waals surface area contributed by atoms with E-state index in [9.17, 15) is 0 Å². The molecule has 0 bridgehead atoms. The number of benzene rings is 1. The number of nitrogens with zero attached hydrogens (tertiary/aromatic N) is 3. The summed E-state index contributed by atoms with van der Waals surface area (Å²) in [6.45, 7) is 6.40. The third-order valence-corrected chi connectivity index (χ3v) is 7.64. The highest BCUT2D eigenvalue weighted by molar-refractivity contribution is 8.00. The molecule has 1 aliphatic carbocycles. The first-order valence-electron chi connectivity index (χ1n) is 11.5. The summed E-state index contributed by atoms with van der Waals surface area (Å²) < 4.78 is 13.4. The third kappa shape index (κ3) is 5.38. The largest absolute Gasteiger partial charge is 0.493 e. The number of fused-ring (bicyclic) bond motifs is 1. The van der Waals surface area contributed by atoms with E-state index in [1.54, 1.807) is 14.2 Å². The van der Waals surface area contributed by atoms with Gasteiger partial charge in [0.1, 0.15) is 0 Å². The van der Waals surface area contributed by atoms with Gasteiger partial charge in [-0.15, -0.1) is 0 Å². The average Bonchev–Trinajstić information content (AvgIpc) is 3.18. The van der Waals surface area contributed by atoms with Crippen molar-refractivity contribution in [3.8, 4) is 11.5 Å². The maximum atomic E-state index is 5.75. The number of aromatic nitrogens is 2. The monoisotopic (exact) mass is 446 g/mol. The van der Waals surface area contributed by atoms with Gasteiger partial charge in [0.2, 0.25) is 0 Å². The van der Waals surface area contributed by atoms with Gasteiger partial charge in [-0.3, -0.25) is 5.43 Å². The van der Waals surface area contributed by atoms with Gasteiger partial charge in [0.05, 0.1) is 19.1 Å². The molecule has 7 heteroatoms. The maximum Gasteiger partial charge on any atom is 0.169 e. The zero-order chi connectivity index (χ0) is 22.3. The van der Waals surface area contributed by atoms with Crippen molar-refractivity contribution in [2.24, 2.45) is 7.05 Å². The molecule has 3 rings (SSSR count). The zero-order valence-corrected chi connectivity index (χ0v) is 20.6. The number of aryl methyl sites for hydroxylation is 1. The normalized spacial score (nSPS) is 18.3. The Bertz CT molecular complexity index is 841. The van der Waals surface area contributed by atoms with Crippen molar-refractivity contribution in [1.29, 1.82) is 0 Å². The smallest absolute Gasteiger partial charge is 0.169 e. The molecule has 6 nitrogen and oxygen atoms in total. The Kier molecular flexibility index (Phi) is 8.69. The predicted molar refractivity (Wildman–Crippen MR) is 128 cm³/mol. The first kappa shape index (κ1) is 24.0. The van der Waals surface area contributed by atoms with E-state index in [-0.39, 0.29) is 4.87 Å². The second-order valence-electron chi connectivity index (χ2n) is 8.21. The Hall–Kier alpha value is -1.70. The SMILES string of the molecule is CCCCCCN(NCC)C1(Sc2nccn2C)CCc2c(ccc(OC)c2OC)C1. The molecule has 1 atom stereocenters. The summed E-state index contributed by atoms with van der Waals surface area (Å²) in [6, 6.07) is 4.25. The molecule has 0 amide bonds. The van der Waals surface area contributed by atoms with Crippen molar-refractivity contribution in [3.63, 3.8) is 0 Å². The highest BCUT2D eigenvalue weighted by Crippen LogP contribution is 2.47. The first-order valence-corrected chi connectivity index (χ1v) is 12.3. The second-order valence-corrected chi connectivity index (χ2v) is 9.54. The van der Waals surface area contributed by atoms with Crippen LogP contribution >= 0.6 is 11.8 Å². The first-order chi connectivity index (χ1) is 15.1. The fourth-order valence-corrected chi connectivity index (χ4v) is 5.84. The molecule has 1 unspecified atom stereocenters. The minimum absolute atomic E-state index is 0.103. The molecule has 1 aromatic heterocycles. The van der Waals surface area contributed by atoms with Gasteiger partial charge in [0, 0.05) is 44.5 Å². The second kappa shape index (κ2) is 11.2. The van der Waals surface area contributed by atoms with Crippen LogP contribution in [-0.2, 0) is 19.9 Å². The lowest BCUT2D eigenvalue weighted by Crippen LogP contribution is -2.56. The molecule has 1 aliphatic rings. The van der Waals surface area contributed by atoms with Gasteiger partial charge in [-0.05, 0) is 30.9 Å². The van der Waals surface area contributed by atoms with Crippen LogP contribution in [0.15, 0.2) is 29.7 Å². The lowest BCUT2D eigenvalue weighted by Gasteiger charge is -2.46. The lowest BCUT2D eigenvalue weighted by atomic mass is 9.86. The van der Waals surface area contributed by atoms with Gasteiger partial charge >= 0.3 is 0 Å². The van der Waals surface area contributed by atoms with Crippen molar-refractivity contribution in [1.82, 2.24) is 20.0 Å². The Balaban J connectivity index is 1.95. The van der Waals surface area contributed by atoms with Gasteiger partial charge in [0.15, 0.2) is 16.7 Å². The van der Waals surface area contributed by atoms with Crippen molar-refractivity contribution in [2.45, 2.75) is 68.8 Å². The van der Waals surface area contributed by atoms with Gasteiger partial charge < -0.3 is 14.0 Å². The number of methoxy groups -OCH3 is 2. The zero-order valence-electron chi connectivity index (χ0n) is 19.7. The number of imidazole rings is 1. The summed E-state index contributed by atoms with van der Waals surface area (Å²) in [7, 11) is 5.52. The molecule has 1 heterocycles. The van der Waals surface area contributed by atoms with E-state index >= 15 is 0 Å². The Morgan fingerprint density at radius 2 is 2.03 bits per heavy atom. The van der Waals surface area contributed by atoms with Crippen molar-refractivity contribution in [2.75, 3.05) is 27.3 Å². The number of ether oxygens (including phenoxy) is 2. The predicted octanol–water partition coefficient (Wildman–Crippen LogP) is 4.82. The van der Waals surface area contributed by atoms with E-state index in [0.29, 0.717) is 0 Å². The van der Waals surface area contributed by atoms with Crippen LogP contribution in [0.25, 0.3) is 0 Å². The van der Waals surface area contributed by atoms with E-state index < -0.39 is 0 Å². The summed E-state index contributed by atoms with van der Waals surface area (Å²) in [5.74, 6) is 1.70. The summed E-state index contributed by atoms with van der Waals surface area (Å²) in [6.07, 6.45) is 11.8. The summed E-state index contributed by atoms with van der Waals surface area (Å²) in [4.78, 5) is 4.55. The Morgan fingerprint density at radius 1 is 1.19 bits per heavy atom. The number of hydrogen-bond acceptors (Lipinski definition) is 6. The Morgan fingerprint density at radius 3 is 2.68 bits per heavy atom. The van der Waals surface area contributed by atoms with Crippen LogP contribution in [0.2, 0.25) is 0 Å². The number of rotatable bonds is 12. The molecule has 0 saturated heterocycles. The summed E-state index contributed by atoms with van der Waals surface area (Å²) >= 11 is 1.89. The van der Waals surface area contributed by atoms with Crippen LogP contribution in [0.4, 0.5) is 0 Å². The Labute approximate surface area is 191 Å². The van der Waals surface area contributed by atoms with Crippen molar-refractivity contribution >= 4 is 11.8 Å². The molecular formula is C24H38N4O2S. The number of nitrogens with one attached hydrogen (secondary N) is 1. The molecule has 0 radical (unpaired) electrons. The van der Waals surface area contributed by atoms with E-state index in [4.69, 9.17) is 9.47 Å². The fourth-order valence-electron chi connectivity index (χ4n) is 4.48. The standard InChI is InChI=1S/C24H38N4O2S/c1-6-8-9-10-16-28(26-7-2)24(31-23-25-15-17-27(23)3)14-13-20-19(18-24)11-12-21(29-4)22(20)30-5/h11-12,15,17,26H,6-10,13-14,16,18H2,1-5H3. The minimum Gasteiger partial charge on any atom is -0.493 e. The van der Waals surface area contributed by atoms with Crippen LogP contribution < -0.4 is 14.9 Å². The maximum absolute atomic E-state index is 5.75. The molecule has 0 fully saturated rings. The van der Waals surface area contributed by atoms with E-state index in [0.717, 1.165) is 49.0 Å². The molecule has 0 saturated carbocycles. The molecule has 1 N–H and O–H groups in total. The van der Waals surface area contributed by atoms with Gasteiger partial charge in [-0.2, -0.15) is 0 Å². The number of hydrazine groups is 1. The van der Waals surface area contributed by atoms with Crippen LogP contribution in [0.1, 0.15) is 57.1 Å². The highest BCUT2D eigenvalue weighted by atomic mass is 32.2. The topological polar surface area (TPSA) is 51.6 Å².